The third kappa shape index (κ3) is 8.17. The molecule has 1 atom stereocenters. The van der Waals surface area contributed by atoms with Gasteiger partial charge in [0.25, 0.3) is 0 Å². The first-order valence-corrected chi connectivity index (χ1v) is 10.3. The van der Waals surface area contributed by atoms with Gasteiger partial charge in [0.2, 0.25) is 0 Å². The van der Waals surface area contributed by atoms with Gasteiger partial charge >= 0.3 is 23.9 Å². The van der Waals surface area contributed by atoms with Crippen molar-refractivity contribution in [1.29, 1.82) is 0 Å². The summed E-state index contributed by atoms with van der Waals surface area (Å²) in [5, 5.41) is -0.00316. The molecule has 0 spiro atoms. The zero-order valence-corrected chi connectivity index (χ0v) is 17.3. The zero-order valence-electron chi connectivity index (χ0n) is 14.3. The predicted molar refractivity (Wildman–Crippen MR) is 94.2 cm³/mol. The molecule has 27 heavy (non-hydrogen) atoms. The Balaban J connectivity index is 4.39. The first-order valence-electron chi connectivity index (χ1n) is 8.04. The molecule has 0 N–H and O–H groups in total. The average Bonchev–Trinajstić information content (AvgIpc) is 2.47. The van der Waals surface area contributed by atoms with Crippen LogP contribution in [-0.2, 0) is 4.79 Å². The summed E-state index contributed by atoms with van der Waals surface area (Å²) in [6.45, 7) is 1.44. The Bertz CT molecular complexity index is 469. The largest absolute Gasteiger partial charge is 0.460 e. The second-order valence-electron chi connectivity index (χ2n) is 6.05. The van der Waals surface area contributed by atoms with E-state index in [0.29, 0.717) is 25.0 Å². The van der Waals surface area contributed by atoms with E-state index < -0.39 is 34.3 Å². The Morgan fingerprint density at radius 1 is 0.852 bits per heavy atom. The van der Waals surface area contributed by atoms with Crippen molar-refractivity contribution in [1.82, 2.24) is 0 Å². The minimum Gasteiger partial charge on any atom is -0.288 e. The van der Waals surface area contributed by atoms with Gasteiger partial charge in [0.15, 0.2) is 5.12 Å². The van der Waals surface area contributed by atoms with Gasteiger partial charge in [-0.15, -0.1) is 0 Å². The SMILES string of the molecule is CC(=O)SCCCCCCCC(I)CC(F)(F)C(F)(F)C(F)(F)C(F)(F)F. The molecule has 0 aliphatic carbocycles. The zero-order chi connectivity index (χ0) is 21.5. The molecule has 1 nitrogen and oxygen atoms in total. The summed E-state index contributed by atoms with van der Waals surface area (Å²) in [4.78, 5) is 10.7. The summed E-state index contributed by atoms with van der Waals surface area (Å²) < 4.78 is 114. The number of carbonyl (C=O) groups is 1. The van der Waals surface area contributed by atoms with Crippen LogP contribution in [0.2, 0.25) is 0 Å². The van der Waals surface area contributed by atoms with Crippen molar-refractivity contribution < 1.29 is 44.3 Å². The van der Waals surface area contributed by atoms with E-state index in [1.165, 1.54) is 41.3 Å². The molecule has 0 aliphatic heterocycles. The topological polar surface area (TPSA) is 17.1 Å². The molecule has 0 aromatic heterocycles. The molecule has 0 aliphatic rings. The highest BCUT2D eigenvalue weighted by Crippen LogP contribution is 2.54. The van der Waals surface area contributed by atoms with Gasteiger partial charge in [-0.05, 0) is 12.8 Å². The third-order valence-electron chi connectivity index (χ3n) is 3.65. The Kier molecular flexibility index (Phi) is 10.8. The minimum atomic E-state index is -6.82. The molecule has 0 aromatic rings. The fraction of sp³-hybridized carbons (Fsp3) is 0.933. The molecule has 0 saturated heterocycles. The molecule has 0 aromatic carbocycles. The number of hydrogen-bond donors (Lipinski definition) is 0. The van der Waals surface area contributed by atoms with Gasteiger partial charge in [0.1, 0.15) is 0 Å². The van der Waals surface area contributed by atoms with Gasteiger partial charge in [0.05, 0.1) is 0 Å². The Hall–Kier alpha value is 0.120. The highest BCUT2D eigenvalue weighted by Gasteiger charge is 2.81. The second kappa shape index (κ2) is 10.8. The molecule has 0 heterocycles. The van der Waals surface area contributed by atoms with E-state index in [4.69, 9.17) is 0 Å². The number of alkyl halides is 10. The highest BCUT2D eigenvalue weighted by molar-refractivity contribution is 14.1. The third-order valence-corrected chi connectivity index (χ3v) is 5.62. The van der Waals surface area contributed by atoms with Crippen LogP contribution in [0.1, 0.15) is 51.9 Å². The van der Waals surface area contributed by atoms with Crippen LogP contribution < -0.4 is 0 Å². The average molecular weight is 546 g/mol. The van der Waals surface area contributed by atoms with Gasteiger partial charge in [-0.3, -0.25) is 4.79 Å². The lowest BCUT2D eigenvalue weighted by molar-refractivity contribution is -0.396. The number of thioether (sulfide) groups is 1. The lowest BCUT2D eigenvalue weighted by Gasteiger charge is -2.34. The fourth-order valence-electron chi connectivity index (χ4n) is 2.13. The molecule has 0 radical (unpaired) electrons. The molecule has 0 saturated carbocycles. The molecule has 0 rings (SSSR count). The Morgan fingerprint density at radius 3 is 1.81 bits per heavy atom. The first kappa shape index (κ1) is 27.1. The van der Waals surface area contributed by atoms with Crippen LogP contribution in [0.25, 0.3) is 0 Å². The number of rotatable bonds is 12. The summed E-state index contributed by atoms with van der Waals surface area (Å²) >= 11 is 2.53. The minimum absolute atomic E-state index is 0.00316. The Morgan fingerprint density at radius 2 is 1.33 bits per heavy atom. The smallest absolute Gasteiger partial charge is 0.288 e. The van der Waals surface area contributed by atoms with Gasteiger partial charge in [-0.2, -0.15) is 39.5 Å². The second-order valence-corrected chi connectivity index (χ2v) is 9.08. The van der Waals surface area contributed by atoms with E-state index in [-0.39, 0.29) is 11.5 Å². The predicted octanol–water partition coefficient (Wildman–Crippen LogP) is 7.27. The number of unbranched alkanes of at least 4 members (excludes halogenated alkanes) is 4. The van der Waals surface area contributed by atoms with E-state index in [1.807, 2.05) is 0 Å². The van der Waals surface area contributed by atoms with Crippen molar-refractivity contribution in [2.45, 2.75) is 79.7 Å². The molecular formula is C15H20F9IOS. The van der Waals surface area contributed by atoms with E-state index in [9.17, 15) is 44.3 Å². The van der Waals surface area contributed by atoms with Crippen molar-refractivity contribution >= 4 is 39.5 Å². The quantitative estimate of drug-likeness (QED) is 0.111. The van der Waals surface area contributed by atoms with E-state index in [1.54, 1.807) is 0 Å². The number of carbonyl (C=O) groups excluding carboxylic acids is 1. The molecule has 12 heteroatoms. The summed E-state index contributed by atoms with van der Waals surface area (Å²) in [6, 6.07) is 0. The van der Waals surface area contributed by atoms with Gasteiger partial charge in [0, 0.05) is 23.0 Å². The van der Waals surface area contributed by atoms with Crippen LogP contribution in [0, 0.1) is 0 Å². The van der Waals surface area contributed by atoms with Crippen LogP contribution >= 0.6 is 34.4 Å². The van der Waals surface area contributed by atoms with Crippen LogP contribution in [0.15, 0.2) is 0 Å². The molecule has 0 bridgehead atoms. The molecular weight excluding hydrogens is 526 g/mol. The van der Waals surface area contributed by atoms with Crippen molar-refractivity contribution in [2.75, 3.05) is 5.75 Å². The lowest BCUT2D eigenvalue weighted by Crippen LogP contribution is -2.61. The van der Waals surface area contributed by atoms with Crippen LogP contribution in [0.5, 0.6) is 0 Å². The summed E-state index contributed by atoms with van der Waals surface area (Å²) in [5.41, 5.74) is 0. The maximum Gasteiger partial charge on any atom is 0.460 e. The maximum atomic E-state index is 13.5. The van der Waals surface area contributed by atoms with Gasteiger partial charge in [-0.25, -0.2) is 0 Å². The van der Waals surface area contributed by atoms with Crippen molar-refractivity contribution in [2.24, 2.45) is 0 Å². The van der Waals surface area contributed by atoms with E-state index in [2.05, 4.69) is 0 Å². The van der Waals surface area contributed by atoms with Gasteiger partial charge < -0.3 is 0 Å². The standard InChI is InChI=1S/C15H20F9IOS/c1-10(26)27-8-6-4-2-3-5-7-11(25)9-12(16,17)13(18,19)14(20,21)15(22,23)24/h11H,2-9H2,1H3. The van der Waals surface area contributed by atoms with Crippen molar-refractivity contribution in [3.8, 4) is 0 Å². The number of hydrogen-bond acceptors (Lipinski definition) is 2. The molecule has 0 amide bonds. The van der Waals surface area contributed by atoms with Crippen molar-refractivity contribution in [3.05, 3.63) is 0 Å². The first-order chi connectivity index (χ1) is 12.1. The number of halogens is 10. The summed E-state index contributed by atoms with van der Waals surface area (Å²) in [6.07, 6.45) is -5.38. The molecule has 0 fully saturated rings. The van der Waals surface area contributed by atoms with Crippen LogP contribution in [0.3, 0.4) is 0 Å². The normalized spacial score (nSPS) is 15.1. The van der Waals surface area contributed by atoms with E-state index >= 15 is 0 Å². The fourth-order valence-corrected chi connectivity index (χ4v) is 3.76. The van der Waals surface area contributed by atoms with Crippen LogP contribution in [-0.4, -0.2) is 38.7 Å². The lowest BCUT2D eigenvalue weighted by atomic mass is 9.97. The summed E-state index contributed by atoms with van der Waals surface area (Å²) in [5.74, 6) is -18.2. The highest BCUT2D eigenvalue weighted by atomic mass is 127. The van der Waals surface area contributed by atoms with Gasteiger partial charge in [-0.1, -0.05) is 60.0 Å². The summed E-state index contributed by atoms with van der Waals surface area (Å²) in [7, 11) is 0. The Labute approximate surface area is 169 Å². The van der Waals surface area contributed by atoms with Crippen LogP contribution in [0.4, 0.5) is 39.5 Å². The maximum absolute atomic E-state index is 13.5. The monoisotopic (exact) mass is 546 g/mol. The van der Waals surface area contributed by atoms with E-state index in [0.717, 1.165) is 12.8 Å². The van der Waals surface area contributed by atoms with Crippen molar-refractivity contribution in [3.63, 3.8) is 0 Å². The molecule has 162 valence electrons. The molecule has 1 unspecified atom stereocenters.